The molecule has 23 heavy (non-hydrogen) atoms. The molecule has 0 amide bonds. The second kappa shape index (κ2) is 6.57. The maximum atomic E-state index is 10.8. The molecule has 0 aliphatic carbocycles. The summed E-state index contributed by atoms with van der Waals surface area (Å²) >= 11 is 0. The molecule has 3 aromatic rings. The van der Waals surface area contributed by atoms with Crippen molar-refractivity contribution < 1.29 is 9.90 Å². The molecule has 0 radical (unpaired) electrons. The molecular weight excluding hydrogens is 292 g/mol. The number of nitrogens with zero attached hydrogens (tertiary/aromatic N) is 2. The fraction of sp³-hybridized carbons (Fsp3) is 0. The Kier molecular flexibility index (Phi) is 4.15. The predicted molar refractivity (Wildman–Crippen MR) is 88.4 cm³/mol. The largest absolute Gasteiger partial charge is 0.478 e. The maximum absolute atomic E-state index is 10.8. The van der Waals surface area contributed by atoms with E-state index < -0.39 is 5.97 Å². The summed E-state index contributed by atoms with van der Waals surface area (Å²) < 4.78 is 0. The second-order valence-electron chi connectivity index (χ2n) is 4.76. The lowest BCUT2D eigenvalue weighted by Gasteiger charge is -2.08. The van der Waals surface area contributed by atoms with E-state index in [2.05, 4.69) is 20.6 Å². The van der Waals surface area contributed by atoms with E-state index in [1.807, 2.05) is 30.3 Å². The third-order valence-corrected chi connectivity index (χ3v) is 3.09. The molecular formula is C17H14N4O2. The van der Waals surface area contributed by atoms with E-state index in [-0.39, 0.29) is 5.56 Å². The molecule has 114 valence electrons. The number of nitrogens with one attached hydrogen (secondary N) is 2. The number of aromatic carboxylic acids is 1. The topological polar surface area (TPSA) is 87.1 Å². The van der Waals surface area contributed by atoms with Crippen molar-refractivity contribution in [3.05, 3.63) is 72.4 Å². The normalized spacial score (nSPS) is 10.1. The summed E-state index contributed by atoms with van der Waals surface area (Å²) in [5.74, 6) is 0.137. The van der Waals surface area contributed by atoms with Crippen LogP contribution in [0.25, 0.3) is 0 Å². The summed E-state index contributed by atoms with van der Waals surface area (Å²) in [6, 6.07) is 17.8. The number of carbonyl (C=O) groups is 1. The Bertz CT molecular complexity index is 804. The number of aromatic nitrogens is 2. The molecule has 0 unspecified atom stereocenters. The minimum Gasteiger partial charge on any atom is -0.478 e. The van der Waals surface area contributed by atoms with E-state index in [1.54, 1.807) is 24.4 Å². The van der Waals surface area contributed by atoms with E-state index in [0.29, 0.717) is 11.8 Å². The van der Waals surface area contributed by atoms with Gasteiger partial charge in [0.05, 0.1) is 5.56 Å². The highest BCUT2D eigenvalue weighted by molar-refractivity contribution is 5.88. The molecule has 3 rings (SSSR count). The zero-order valence-electron chi connectivity index (χ0n) is 12.1. The molecule has 0 saturated carbocycles. The van der Waals surface area contributed by atoms with Crippen LogP contribution in [-0.2, 0) is 0 Å². The molecule has 1 aromatic heterocycles. The van der Waals surface area contributed by atoms with Gasteiger partial charge in [-0.1, -0.05) is 18.2 Å². The summed E-state index contributed by atoms with van der Waals surface area (Å²) in [7, 11) is 0. The minimum atomic E-state index is -0.951. The van der Waals surface area contributed by atoms with E-state index in [0.717, 1.165) is 11.4 Å². The van der Waals surface area contributed by atoms with Gasteiger partial charge in [0.25, 0.3) is 0 Å². The van der Waals surface area contributed by atoms with Crippen LogP contribution < -0.4 is 10.6 Å². The molecule has 3 N–H and O–H groups in total. The van der Waals surface area contributed by atoms with Crippen molar-refractivity contribution in [1.82, 2.24) is 9.97 Å². The Morgan fingerprint density at radius 3 is 2.26 bits per heavy atom. The molecule has 0 saturated heterocycles. The molecule has 0 bridgehead atoms. The first-order chi connectivity index (χ1) is 11.2. The van der Waals surface area contributed by atoms with E-state index >= 15 is 0 Å². The number of benzene rings is 2. The monoisotopic (exact) mass is 306 g/mol. The summed E-state index contributed by atoms with van der Waals surface area (Å²) in [6.07, 6.45) is 1.65. The third kappa shape index (κ3) is 3.82. The third-order valence-electron chi connectivity index (χ3n) is 3.09. The number of anilines is 4. The van der Waals surface area contributed by atoms with Gasteiger partial charge in [0.2, 0.25) is 5.95 Å². The summed E-state index contributed by atoms with van der Waals surface area (Å²) in [5.41, 5.74) is 1.89. The Balaban J connectivity index is 1.73. The highest BCUT2D eigenvalue weighted by Gasteiger charge is 2.03. The van der Waals surface area contributed by atoms with Crippen LogP contribution in [-0.4, -0.2) is 21.0 Å². The first-order valence-corrected chi connectivity index (χ1v) is 6.96. The molecule has 6 heteroatoms. The van der Waals surface area contributed by atoms with Gasteiger partial charge in [0.1, 0.15) is 5.82 Å². The highest BCUT2D eigenvalue weighted by Crippen LogP contribution is 2.18. The van der Waals surface area contributed by atoms with Crippen molar-refractivity contribution in [2.45, 2.75) is 0 Å². The van der Waals surface area contributed by atoms with Gasteiger partial charge in [-0.15, -0.1) is 0 Å². The Morgan fingerprint density at radius 2 is 1.57 bits per heavy atom. The fourth-order valence-electron chi connectivity index (χ4n) is 1.98. The summed E-state index contributed by atoms with van der Waals surface area (Å²) in [4.78, 5) is 19.4. The zero-order valence-corrected chi connectivity index (χ0v) is 12.1. The minimum absolute atomic E-state index is 0.240. The van der Waals surface area contributed by atoms with E-state index in [1.165, 1.54) is 12.1 Å². The Labute approximate surface area is 132 Å². The molecule has 2 aromatic carbocycles. The van der Waals surface area contributed by atoms with Crippen LogP contribution in [0, 0.1) is 0 Å². The van der Waals surface area contributed by atoms with Crippen LogP contribution in [0.15, 0.2) is 66.9 Å². The number of carboxylic acid groups (broad SMARTS) is 1. The van der Waals surface area contributed by atoms with Gasteiger partial charge in [0, 0.05) is 17.6 Å². The van der Waals surface area contributed by atoms with Crippen molar-refractivity contribution in [1.29, 1.82) is 0 Å². The number of rotatable bonds is 5. The lowest BCUT2D eigenvalue weighted by Crippen LogP contribution is -2.01. The average Bonchev–Trinajstić information content (AvgIpc) is 2.57. The lowest BCUT2D eigenvalue weighted by atomic mass is 10.2. The summed E-state index contributed by atoms with van der Waals surface area (Å²) in [6.45, 7) is 0. The molecule has 0 fully saturated rings. The fourth-order valence-corrected chi connectivity index (χ4v) is 1.98. The number of hydrogen-bond donors (Lipinski definition) is 3. The summed E-state index contributed by atoms with van der Waals surface area (Å²) in [5, 5.41) is 15.1. The van der Waals surface area contributed by atoms with Gasteiger partial charge in [-0.2, -0.15) is 4.98 Å². The van der Waals surface area contributed by atoms with Gasteiger partial charge >= 0.3 is 5.97 Å². The first kappa shape index (κ1) is 14.5. The smallest absolute Gasteiger partial charge is 0.335 e. The maximum Gasteiger partial charge on any atom is 0.335 e. The van der Waals surface area contributed by atoms with Crippen LogP contribution in [0.3, 0.4) is 0 Å². The second-order valence-corrected chi connectivity index (χ2v) is 4.76. The molecule has 0 aliphatic heterocycles. The van der Waals surface area contributed by atoms with Crippen molar-refractivity contribution >= 4 is 29.1 Å². The van der Waals surface area contributed by atoms with Gasteiger partial charge < -0.3 is 15.7 Å². The van der Waals surface area contributed by atoms with Crippen molar-refractivity contribution in [3.8, 4) is 0 Å². The molecule has 6 nitrogen and oxygen atoms in total. The van der Waals surface area contributed by atoms with Crippen LogP contribution in [0.2, 0.25) is 0 Å². The molecule has 0 atom stereocenters. The SMILES string of the molecule is O=C(O)c1ccc(Nc2ccnc(Nc3ccccc3)n2)cc1. The average molecular weight is 306 g/mol. The van der Waals surface area contributed by atoms with Crippen LogP contribution in [0.4, 0.5) is 23.1 Å². The van der Waals surface area contributed by atoms with Gasteiger partial charge in [-0.3, -0.25) is 0 Å². The van der Waals surface area contributed by atoms with Crippen molar-refractivity contribution in [3.63, 3.8) is 0 Å². The zero-order chi connectivity index (χ0) is 16.1. The number of para-hydroxylation sites is 1. The van der Waals surface area contributed by atoms with Gasteiger partial charge in [0.15, 0.2) is 0 Å². The van der Waals surface area contributed by atoms with Crippen LogP contribution >= 0.6 is 0 Å². The predicted octanol–water partition coefficient (Wildman–Crippen LogP) is 3.66. The van der Waals surface area contributed by atoms with Crippen molar-refractivity contribution in [2.24, 2.45) is 0 Å². The molecule has 0 spiro atoms. The van der Waals surface area contributed by atoms with E-state index in [9.17, 15) is 4.79 Å². The van der Waals surface area contributed by atoms with E-state index in [4.69, 9.17) is 5.11 Å². The van der Waals surface area contributed by atoms with Gasteiger partial charge in [-0.25, -0.2) is 9.78 Å². The lowest BCUT2D eigenvalue weighted by molar-refractivity contribution is 0.0697. The highest BCUT2D eigenvalue weighted by atomic mass is 16.4. The molecule has 0 aliphatic rings. The Morgan fingerprint density at radius 1 is 0.870 bits per heavy atom. The Hall–Kier alpha value is -3.41. The van der Waals surface area contributed by atoms with Crippen molar-refractivity contribution in [2.75, 3.05) is 10.6 Å². The first-order valence-electron chi connectivity index (χ1n) is 6.96. The van der Waals surface area contributed by atoms with Gasteiger partial charge in [-0.05, 0) is 42.5 Å². The number of carboxylic acids is 1. The standard InChI is InChI=1S/C17H14N4O2/c22-16(23)12-6-8-14(9-7-12)19-15-10-11-18-17(21-15)20-13-4-2-1-3-5-13/h1-11H,(H,22,23)(H2,18,19,20,21). The number of hydrogen-bond acceptors (Lipinski definition) is 5. The quantitative estimate of drug-likeness (QED) is 0.667. The molecule has 1 heterocycles. The van der Waals surface area contributed by atoms with Crippen LogP contribution in [0.5, 0.6) is 0 Å². The van der Waals surface area contributed by atoms with Crippen LogP contribution in [0.1, 0.15) is 10.4 Å².